The fraction of sp³-hybridized carbons (Fsp3) is 0.471. The molecule has 1 aromatic carbocycles. The summed E-state index contributed by atoms with van der Waals surface area (Å²) in [5, 5.41) is 8.27. The van der Waals surface area contributed by atoms with Gasteiger partial charge in [0.25, 0.3) is 0 Å². The number of aromatic nitrogens is 2. The number of rotatable bonds is 5. The highest BCUT2D eigenvalue weighted by atomic mass is 15.3. The minimum Gasteiger partial charge on any atom is -0.313 e. The van der Waals surface area contributed by atoms with E-state index in [0.29, 0.717) is 6.04 Å². The van der Waals surface area contributed by atoms with Crippen LogP contribution in [0.2, 0.25) is 0 Å². The summed E-state index contributed by atoms with van der Waals surface area (Å²) in [5.41, 5.74) is 2.23. The van der Waals surface area contributed by atoms with E-state index in [1.807, 2.05) is 29.1 Å². The third kappa shape index (κ3) is 3.93. The lowest BCUT2D eigenvalue weighted by atomic mass is 10.0. The lowest BCUT2D eigenvalue weighted by Crippen LogP contribution is -2.42. The molecule has 2 heterocycles. The van der Waals surface area contributed by atoms with Gasteiger partial charge in [-0.3, -0.25) is 4.90 Å². The molecule has 1 aliphatic rings. The highest BCUT2D eigenvalue weighted by Crippen LogP contribution is 2.11. The average molecular weight is 284 g/mol. The van der Waals surface area contributed by atoms with Crippen molar-refractivity contribution in [3.63, 3.8) is 0 Å². The Labute approximate surface area is 126 Å². The molecule has 1 fully saturated rings. The molecule has 0 radical (unpaired) electrons. The molecule has 4 nitrogen and oxygen atoms in total. The summed E-state index contributed by atoms with van der Waals surface area (Å²) in [6, 6.07) is 13.0. The van der Waals surface area contributed by atoms with Gasteiger partial charge in [0, 0.05) is 25.3 Å². The maximum absolute atomic E-state index is 4.67. The van der Waals surface area contributed by atoms with E-state index in [1.165, 1.54) is 25.8 Å². The Kier molecular flexibility index (Phi) is 4.68. The molecule has 4 heteroatoms. The van der Waals surface area contributed by atoms with Gasteiger partial charge in [-0.1, -0.05) is 24.6 Å². The van der Waals surface area contributed by atoms with Crippen LogP contribution in [0.25, 0.3) is 5.69 Å². The van der Waals surface area contributed by atoms with Crippen molar-refractivity contribution in [3.8, 4) is 5.69 Å². The summed E-state index contributed by atoms with van der Waals surface area (Å²) in [6.45, 7) is 3.16. The average Bonchev–Trinajstić information content (AvgIpc) is 2.97. The molecule has 0 spiro atoms. The number of nitrogens with one attached hydrogen (secondary N) is 1. The van der Waals surface area contributed by atoms with Crippen molar-refractivity contribution in [1.82, 2.24) is 20.0 Å². The van der Waals surface area contributed by atoms with Crippen LogP contribution in [-0.2, 0) is 6.54 Å². The molecular weight excluding hydrogens is 260 g/mol. The Bertz CT molecular complexity index is 543. The minimum atomic E-state index is 0.639. The Balaban J connectivity index is 1.56. The Morgan fingerprint density at radius 2 is 2.10 bits per heavy atom. The quantitative estimate of drug-likeness (QED) is 0.915. The topological polar surface area (TPSA) is 33.1 Å². The predicted molar refractivity (Wildman–Crippen MR) is 85.5 cm³/mol. The number of hydrogen-bond acceptors (Lipinski definition) is 3. The predicted octanol–water partition coefficient (Wildman–Crippen LogP) is 2.45. The summed E-state index contributed by atoms with van der Waals surface area (Å²) in [6.07, 6.45) is 6.01. The van der Waals surface area contributed by atoms with Gasteiger partial charge in [-0.05, 0) is 44.6 Å². The first-order valence-corrected chi connectivity index (χ1v) is 7.83. The van der Waals surface area contributed by atoms with Gasteiger partial charge >= 0.3 is 0 Å². The van der Waals surface area contributed by atoms with Crippen LogP contribution in [0.3, 0.4) is 0 Å². The van der Waals surface area contributed by atoms with Crippen LogP contribution in [-0.4, -0.2) is 40.9 Å². The van der Waals surface area contributed by atoms with Gasteiger partial charge in [0.05, 0.1) is 11.4 Å². The molecule has 1 aromatic heterocycles. The van der Waals surface area contributed by atoms with Gasteiger partial charge in [-0.15, -0.1) is 0 Å². The number of piperidine rings is 1. The lowest BCUT2D eigenvalue weighted by molar-refractivity contribution is 0.254. The minimum absolute atomic E-state index is 0.639. The van der Waals surface area contributed by atoms with Gasteiger partial charge in [0.15, 0.2) is 0 Å². The summed E-state index contributed by atoms with van der Waals surface area (Å²) in [5.74, 6) is 0. The maximum Gasteiger partial charge on any atom is 0.0769 e. The largest absolute Gasteiger partial charge is 0.313 e. The van der Waals surface area contributed by atoms with Crippen LogP contribution < -0.4 is 5.32 Å². The third-order valence-corrected chi connectivity index (χ3v) is 4.04. The number of likely N-dealkylation sites (N-methyl/N-ethyl adjacent to an activating group) is 1. The molecule has 1 aliphatic heterocycles. The lowest BCUT2D eigenvalue weighted by Gasteiger charge is -2.27. The zero-order valence-corrected chi connectivity index (χ0v) is 12.7. The van der Waals surface area contributed by atoms with Crippen LogP contribution in [0.4, 0.5) is 0 Å². The first-order valence-electron chi connectivity index (χ1n) is 7.83. The van der Waals surface area contributed by atoms with Crippen LogP contribution in [0.1, 0.15) is 25.0 Å². The van der Waals surface area contributed by atoms with E-state index in [2.05, 4.69) is 40.6 Å². The molecule has 3 rings (SSSR count). The fourth-order valence-electron chi connectivity index (χ4n) is 2.97. The van der Waals surface area contributed by atoms with Crippen LogP contribution in [0, 0.1) is 0 Å². The molecule has 0 amide bonds. The van der Waals surface area contributed by atoms with E-state index in [1.54, 1.807) is 0 Å². The summed E-state index contributed by atoms with van der Waals surface area (Å²) >= 11 is 0. The van der Waals surface area contributed by atoms with Gasteiger partial charge in [0.1, 0.15) is 0 Å². The Morgan fingerprint density at radius 3 is 2.86 bits per heavy atom. The maximum atomic E-state index is 4.67. The molecule has 0 aliphatic carbocycles. The second-order valence-corrected chi connectivity index (χ2v) is 5.93. The van der Waals surface area contributed by atoms with Crippen LogP contribution >= 0.6 is 0 Å². The SMILES string of the molecule is CN(Cc1ccn(-c2ccccc2)n1)CC1CCCCN1. The van der Waals surface area contributed by atoms with Gasteiger partial charge in [-0.25, -0.2) is 4.68 Å². The van der Waals surface area contributed by atoms with Crippen molar-refractivity contribution in [2.45, 2.75) is 31.8 Å². The third-order valence-electron chi connectivity index (χ3n) is 4.04. The molecule has 21 heavy (non-hydrogen) atoms. The number of benzene rings is 1. The smallest absolute Gasteiger partial charge is 0.0769 e. The van der Waals surface area contributed by atoms with E-state index < -0.39 is 0 Å². The molecular formula is C17H24N4. The number of para-hydroxylation sites is 1. The fourth-order valence-corrected chi connectivity index (χ4v) is 2.97. The first-order chi connectivity index (χ1) is 10.3. The second-order valence-electron chi connectivity index (χ2n) is 5.93. The van der Waals surface area contributed by atoms with Crippen LogP contribution in [0.15, 0.2) is 42.6 Å². The zero-order valence-electron chi connectivity index (χ0n) is 12.7. The van der Waals surface area contributed by atoms with Crippen molar-refractivity contribution < 1.29 is 0 Å². The molecule has 0 bridgehead atoms. The summed E-state index contributed by atoms with van der Waals surface area (Å²) in [7, 11) is 2.18. The number of nitrogens with zero attached hydrogens (tertiary/aromatic N) is 3. The molecule has 0 saturated carbocycles. The van der Waals surface area contributed by atoms with Gasteiger partial charge in [-0.2, -0.15) is 5.10 Å². The molecule has 1 N–H and O–H groups in total. The van der Waals surface area contributed by atoms with Crippen molar-refractivity contribution in [2.75, 3.05) is 20.1 Å². The molecule has 1 unspecified atom stereocenters. The van der Waals surface area contributed by atoms with Crippen molar-refractivity contribution in [1.29, 1.82) is 0 Å². The Hall–Kier alpha value is -1.65. The van der Waals surface area contributed by atoms with E-state index in [-0.39, 0.29) is 0 Å². The van der Waals surface area contributed by atoms with Gasteiger partial charge < -0.3 is 5.32 Å². The Morgan fingerprint density at radius 1 is 1.24 bits per heavy atom. The first kappa shape index (κ1) is 14.3. The monoisotopic (exact) mass is 284 g/mol. The standard InChI is InChI=1S/C17H24N4/c1-20(13-15-7-5-6-11-18-15)14-16-10-12-21(19-16)17-8-3-2-4-9-17/h2-4,8-10,12,15,18H,5-7,11,13-14H2,1H3. The van der Waals surface area contributed by atoms with E-state index in [9.17, 15) is 0 Å². The van der Waals surface area contributed by atoms with E-state index in [4.69, 9.17) is 0 Å². The zero-order chi connectivity index (χ0) is 14.5. The second kappa shape index (κ2) is 6.87. The highest BCUT2D eigenvalue weighted by molar-refractivity contribution is 5.30. The summed E-state index contributed by atoms with van der Waals surface area (Å²) in [4.78, 5) is 2.36. The van der Waals surface area contributed by atoms with E-state index >= 15 is 0 Å². The molecule has 2 aromatic rings. The summed E-state index contributed by atoms with van der Waals surface area (Å²) < 4.78 is 1.95. The van der Waals surface area contributed by atoms with Crippen molar-refractivity contribution in [3.05, 3.63) is 48.3 Å². The molecule has 1 saturated heterocycles. The highest BCUT2D eigenvalue weighted by Gasteiger charge is 2.15. The van der Waals surface area contributed by atoms with Crippen molar-refractivity contribution in [2.24, 2.45) is 0 Å². The normalized spacial score (nSPS) is 19.0. The van der Waals surface area contributed by atoms with E-state index in [0.717, 1.165) is 24.5 Å². The molecule has 112 valence electrons. The molecule has 1 atom stereocenters. The van der Waals surface area contributed by atoms with Crippen LogP contribution in [0.5, 0.6) is 0 Å². The number of hydrogen-bond donors (Lipinski definition) is 1. The van der Waals surface area contributed by atoms with Crippen molar-refractivity contribution >= 4 is 0 Å². The van der Waals surface area contributed by atoms with Gasteiger partial charge in [0.2, 0.25) is 0 Å².